The smallest absolute Gasteiger partial charge is 0.000558 e. The molecule has 0 amide bonds. The molecule has 0 unspecified atom stereocenters. The van der Waals surface area contributed by atoms with Crippen molar-refractivity contribution in [1.82, 2.24) is 10.6 Å². The van der Waals surface area contributed by atoms with Crippen molar-refractivity contribution < 1.29 is 0 Å². The Bertz CT molecular complexity index is 104. The summed E-state index contributed by atoms with van der Waals surface area (Å²) in [5.41, 5.74) is 0. The fraction of sp³-hybridized carbons (Fsp3) is 1.00. The van der Waals surface area contributed by atoms with E-state index in [1.165, 1.54) is 39.0 Å². The molecule has 0 radical (unpaired) electrons. The average molecular weight is 140 g/mol. The van der Waals surface area contributed by atoms with E-state index in [2.05, 4.69) is 10.6 Å². The van der Waals surface area contributed by atoms with Gasteiger partial charge in [-0.25, -0.2) is 0 Å². The minimum atomic E-state index is 1.02. The first kappa shape index (κ1) is 6.62. The van der Waals surface area contributed by atoms with E-state index in [-0.39, 0.29) is 0 Å². The standard InChI is InChI=1S/C8H16N2/c1-3-9-4-2-7(1)8-5-10-6-8/h7-10H,1-6H2. The van der Waals surface area contributed by atoms with Crippen LogP contribution in [0.3, 0.4) is 0 Å². The molecule has 2 saturated heterocycles. The molecule has 0 spiro atoms. The minimum Gasteiger partial charge on any atom is -0.317 e. The molecule has 0 saturated carbocycles. The molecule has 0 aromatic carbocycles. The van der Waals surface area contributed by atoms with Crippen molar-refractivity contribution in [3.05, 3.63) is 0 Å². The van der Waals surface area contributed by atoms with Gasteiger partial charge in [-0.05, 0) is 50.9 Å². The van der Waals surface area contributed by atoms with Crippen LogP contribution in [-0.2, 0) is 0 Å². The van der Waals surface area contributed by atoms with Crippen LogP contribution in [0.2, 0.25) is 0 Å². The Hall–Kier alpha value is -0.0800. The molecular formula is C8H16N2. The lowest BCUT2D eigenvalue weighted by Crippen LogP contribution is -2.48. The maximum Gasteiger partial charge on any atom is -0.000558 e. The average Bonchev–Trinajstić information content (AvgIpc) is 1.86. The van der Waals surface area contributed by atoms with E-state index in [4.69, 9.17) is 0 Å². The monoisotopic (exact) mass is 140 g/mol. The fourth-order valence-corrected chi connectivity index (χ4v) is 1.96. The molecule has 0 aromatic heterocycles. The van der Waals surface area contributed by atoms with Crippen molar-refractivity contribution in [2.24, 2.45) is 11.8 Å². The molecule has 2 heteroatoms. The van der Waals surface area contributed by atoms with Crippen LogP contribution in [0.25, 0.3) is 0 Å². The van der Waals surface area contributed by atoms with Crippen molar-refractivity contribution in [2.75, 3.05) is 26.2 Å². The summed E-state index contributed by atoms with van der Waals surface area (Å²) in [5, 5.41) is 6.74. The summed E-state index contributed by atoms with van der Waals surface area (Å²) < 4.78 is 0. The van der Waals surface area contributed by atoms with Gasteiger partial charge in [0.1, 0.15) is 0 Å². The second-order valence-electron chi connectivity index (χ2n) is 3.51. The molecule has 2 heterocycles. The predicted molar refractivity (Wildman–Crippen MR) is 42.0 cm³/mol. The fourth-order valence-electron chi connectivity index (χ4n) is 1.96. The molecule has 10 heavy (non-hydrogen) atoms. The Balaban J connectivity index is 1.78. The van der Waals surface area contributed by atoms with Crippen LogP contribution >= 0.6 is 0 Å². The van der Waals surface area contributed by atoms with Gasteiger partial charge < -0.3 is 10.6 Å². The predicted octanol–water partition coefficient (Wildman–Crippen LogP) is 0.205. The molecule has 2 rings (SSSR count). The number of hydrogen-bond donors (Lipinski definition) is 2. The first-order chi connectivity index (χ1) is 4.97. The van der Waals surface area contributed by atoms with E-state index >= 15 is 0 Å². The van der Waals surface area contributed by atoms with Crippen molar-refractivity contribution in [2.45, 2.75) is 12.8 Å². The Morgan fingerprint density at radius 2 is 1.50 bits per heavy atom. The van der Waals surface area contributed by atoms with E-state index in [0.29, 0.717) is 0 Å². The van der Waals surface area contributed by atoms with E-state index in [1.54, 1.807) is 0 Å². The summed E-state index contributed by atoms with van der Waals surface area (Å²) in [6.07, 6.45) is 2.82. The van der Waals surface area contributed by atoms with Crippen molar-refractivity contribution in [3.63, 3.8) is 0 Å². The van der Waals surface area contributed by atoms with Gasteiger partial charge in [0.15, 0.2) is 0 Å². The SMILES string of the molecule is C1CC(C2CNC2)CCN1. The van der Waals surface area contributed by atoms with E-state index in [9.17, 15) is 0 Å². The maximum absolute atomic E-state index is 3.40. The summed E-state index contributed by atoms with van der Waals surface area (Å²) in [6.45, 7) is 5.07. The van der Waals surface area contributed by atoms with Crippen LogP contribution in [0, 0.1) is 11.8 Å². The molecule has 2 nitrogen and oxygen atoms in total. The topological polar surface area (TPSA) is 24.1 Å². The van der Waals surface area contributed by atoms with Crippen molar-refractivity contribution >= 4 is 0 Å². The number of hydrogen-bond acceptors (Lipinski definition) is 2. The van der Waals surface area contributed by atoms with Crippen LogP contribution in [0.4, 0.5) is 0 Å². The van der Waals surface area contributed by atoms with E-state index < -0.39 is 0 Å². The van der Waals surface area contributed by atoms with Gasteiger partial charge in [-0.1, -0.05) is 0 Å². The van der Waals surface area contributed by atoms with Crippen molar-refractivity contribution in [1.29, 1.82) is 0 Å². The van der Waals surface area contributed by atoms with Crippen LogP contribution in [0.5, 0.6) is 0 Å². The van der Waals surface area contributed by atoms with E-state index in [0.717, 1.165) is 11.8 Å². The summed E-state index contributed by atoms with van der Waals surface area (Å²) in [4.78, 5) is 0. The van der Waals surface area contributed by atoms with Gasteiger partial charge >= 0.3 is 0 Å². The molecule has 58 valence electrons. The molecule has 0 aliphatic carbocycles. The molecule has 2 fully saturated rings. The number of piperidine rings is 1. The van der Waals surface area contributed by atoms with Crippen LogP contribution in [-0.4, -0.2) is 26.2 Å². The third-order valence-corrected chi connectivity index (χ3v) is 2.86. The second kappa shape index (κ2) is 2.89. The van der Waals surface area contributed by atoms with Crippen LogP contribution in [0.1, 0.15) is 12.8 Å². The van der Waals surface area contributed by atoms with Gasteiger partial charge in [-0.3, -0.25) is 0 Å². The van der Waals surface area contributed by atoms with Gasteiger partial charge in [-0.2, -0.15) is 0 Å². The highest BCUT2D eigenvalue weighted by molar-refractivity contribution is 4.84. The zero-order valence-electron chi connectivity index (χ0n) is 6.40. The normalized spacial score (nSPS) is 30.0. The molecule has 2 aliphatic heterocycles. The number of rotatable bonds is 1. The van der Waals surface area contributed by atoms with Gasteiger partial charge in [-0.15, -0.1) is 0 Å². The molecule has 2 aliphatic rings. The second-order valence-corrected chi connectivity index (χ2v) is 3.51. The van der Waals surface area contributed by atoms with Gasteiger partial charge in [0, 0.05) is 0 Å². The highest BCUT2D eigenvalue weighted by atomic mass is 15.0. The molecule has 0 bridgehead atoms. The maximum atomic E-state index is 3.40. The highest BCUT2D eigenvalue weighted by Gasteiger charge is 2.27. The molecular weight excluding hydrogens is 124 g/mol. The van der Waals surface area contributed by atoms with E-state index in [1.807, 2.05) is 0 Å². The lowest BCUT2D eigenvalue weighted by molar-refractivity contribution is 0.191. The van der Waals surface area contributed by atoms with Gasteiger partial charge in [0.05, 0.1) is 0 Å². The zero-order chi connectivity index (χ0) is 6.81. The zero-order valence-corrected chi connectivity index (χ0v) is 6.40. The summed E-state index contributed by atoms with van der Waals surface area (Å²) in [5.74, 6) is 2.05. The summed E-state index contributed by atoms with van der Waals surface area (Å²) in [7, 11) is 0. The van der Waals surface area contributed by atoms with Crippen molar-refractivity contribution in [3.8, 4) is 0 Å². The number of nitrogens with one attached hydrogen (secondary N) is 2. The quantitative estimate of drug-likeness (QED) is 0.544. The largest absolute Gasteiger partial charge is 0.317 e. The minimum absolute atomic E-state index is 1.02. The highest BCUT2D eigenvalue weighted by Crippen LogP contribution is 2.24. The Labute approximate surface area is 62.4 Å². The first-order valence-electron chi connectivity index (χ1n) is 4.38. The molecule has 2 N–H and O–H groups in total. The third kappa shape index (κ3) is 1.18. The van der Waals surface area contributed by atoms with Gasteiger partial charge in [0.2, 0.25) is 0 Å². The van der Waals surface area contributed by atoms with Crippen LogP contribution < -0.4 is 10.6 Å². The third-order valence-electron chi connectivity index (χ3n) is 2.86. The summed E-state index contributed by atoms with van der Waals surface area (Å²) >= 11 is 0. The summed E-state index contributed by atoms with van der Waals surface area (Å²) in [6, 6.07) is 0. The van der Waals surface area contributed by atoms with Crippen LogP contribution in [0.15, 0.2) is 0 Å². The lowest BCUT2D eigenvalue weighted by Gasteiger charge is -2.37. The Morgan fingerprint density at radius 1 is 0.800 bits per heavy atom. The first-order valence-corrected chi connectivity index (χ1v) is 4.38. The lowest BCUT2D eigenvalue weighted by atomic mass is 9.81. The molecule has 0 aromatic rings. The van der Waals surface area contributed by atoms with Gasteiger partial charge in [0.25, 0.3) is 0 Å². The Morgan fingerprint density at radius 3 is 2.00 bits per heavy atom. The molecule has 0 atom stereocenters. The Kier molecular flexibility index (Phi) is 1.91.